The van der Waals surface area contributed by atoms with Crippen molar-refractivity contribution in [1.82, 2.24) is 4.31 Å². The normalized spacial score (nSPS) is 11.5. The third-order valence-corrected chi connectivity index (χ3v) is 5.29. The molecule has 2 aromatic carbocycles. The fourth-order valence-electron chi connectivity index (χ4n) is 1.89. The number of Topliss-reactive ketones (excluding diaryl/α,β-unsaturated/α-hetero) is 1. The minimum Gasteiger partial charge on any atom is -0.378 e. The Bertz CT molecular complexity index is 802. The highest BCUT2D eigenvalue weighted by atomic mass is 35.5. The van der Waals surface area contributed by atoms with Gasteiger partial charge in [-0.3, -0.25) is 4.79 Å². The molecule has 0 saturated heterocycles. The number of sulfonamides is 1. The molecule has 0 spiro atoms. The number of nitrogens with zero attached hydrogens (tertiary/aromatic N) is 1. The number of halogens is 1. The number of nitrogens with one attached hydrogen (secondary N) is 1. The van der Waals surface area contributed by atoms with Gasteiger partial charge in [0.05, 0.1) is 11.4 Å². The lowest BCUT2D eigenvalue weighted by molar-refractivity contribution is 0.101. The smallest absolute Gasteiger partial charge is 0.242 e. The van der Waals surface area contributed by atoms with Gasteiger partial charge >= 0.3 is 0 Å². The number of carbonyl (C=O) groups is 1. The lowest BCUT2D eigenvalue weighted by Gasteiger charge is -2.12. The van der Waals surface area contributed by atoms with Crippen molar-refractivity contribution in [2.24, 2.45) is 0 Å². The molecule has 0 aliphatic carbocycles. The molecule has 0 fully saturated rings. The Labute approximate surface area is 140 Å². The maximum Gasteiger partial charge on any atom is 0.242 e. The van der Waals surface area contributed by atoms with Crippen LogP contribution in [0.15, 0.2) is 53.4 Å². The Morgan fingerprint density at radius 1 is 1.13 bits per heavy atom. The van der Waals surface area contributed by atoms with Gasteiger partial charge in [-0.15, -0.1) is 0 Å². The average Bonchev–Trinajstić information content (AvgIpc) is 2.54. The molecule has 0 radical (unpaired) electrons. The number of benzene rings is 2. The van der Waals surface area contributed by atoms with Crippen molar-refractivity contribution in [3.8, 4) is 0 Å². The zero-order chi connectivity index (χ0) is 17.0. The van der Waals surface area contributed by atoms with Crippen LogP contribution < -0.4 is 5.32 Å². The Kier molecular flexibility index (Phi) is 5.41. The molecule has 1 N–H and O–H groups in total. The lowest BCUT2D eigenvalue weighted by atomic mass is 10.1. The summed E-state index contributed by atoms with van der Waals surface area (Å²) in [4.78, 5) is 12.3. The molecule has 7 heteroatoms. The second-order valence-electron chi connectivity index (χ2n) is 5.10. The molecule has 0 unspecified atom stereocenters. The van der Waals surface area contributed by atoms with Crippen LogP contribution in [0.4, 0.5) is 5.69 Å². The van der Waals surface area contributed by atoms with E-state index in [1.54, 1.807) is 36.4 Å². The first-order chi connectivity index (χ1) is 10.8. The summed E-state index contributed by atoms with van der Waals surface area (Å²) in [6, 6.07) is 13.0. The van der Waals surface area contributed by atoms with E-state index < -0.39 is 10.0 Å². The molecular formula is C16H17ClN2O3S. The van der Waals surface area contributed by atoms with Crippen molar-refractivity contribution in [3.05, 3.63) is 59.1 Å². The molecular weight excluding hydrogens is 336 g/mol. The summed E-state index contributed by atoms with van der Waals surface area (Å²) in [5.74, 6) is -0.198. The van der Waals surface area contributed by atoms with Crippen LogP contribution in [0.1, 0.15) is 10.4 Å². The van der Waals surface area contributed by atoms with Crippen LogP contribution in [0.2, 0.25) is 5.02 Å². The maximum atomic E-state index is 12.2. The number of ketones is 1. The molecule has 0 aliphatic heterocycles. The Morgan fingerprint density at radius 2 is 1.78 bits per heavy atom. The van der Waals surface area contributed by atoms with Crippen LogP contribution in [0.25, 0.3) is 0 Å². The van der Waals surface area contributed by atoms with E-state index in [4.69, 9.17) is 11.6 Å². The number of hydrogen-bond donors (Lipinski definition) is 1. The van der Waals surface area contributed by atoms with E-state index in [-0.39, 0.29) is 17.2 Å². The molecule has 2 rings (SSSR count). The minimum atomic E-state index is -3.56. The molecule has 0 aromatic heterocycles. The highest BCUT2D eigenvalue weighted by molar-refractivity contribution is 7.89. The van der Waals surface area contributed by atoms with Gasteiger partial charge in [0.15, 0.2) is 5.78 Å². The van der Waals surface area contributed by atoms with E-state index in [9.17, 15) is 13.2 Å². The molecule has 2 aromatic rings. The number of carbonyl (C=O) groups excluding carboxylic acids is 1. The van der Waals surface area contributed by atoms with Crippen LogP contribution >= 0.6 is 11.6 Å². The lowest BCUT2D eigenvalue weighted by Crippen LogP contribution is -2.22. The zero-order valence-corrected chi connectivity index (χ0v) is 14.4. The first kappa shape index (κ1) is 17.5. The van der Waals surface area contributed by atoms with Gasteiger partial charge in [0.25, 0.3) is 0 Å². The van der Waals surface area contributed by atoms with Gasteiger partial charge in [0, 0.05) is 30.4 Å². The second-order valence-corrected chi connectivity index (χ2v) is 7.69. The number of hydrogen-bond acceptors (Lipinski definition) is 4. The van der Waals surface area contributed by atoms with Crippen molar-refractivity contribution >= 4 is 33.1 Å². The van der Waals surface area contributed by atoms with Crippen molar-refractivity contribution in [2.45, 2.75) is 4.90 Å². The first-order valence-corrected chi connectivity index (χ1v) is 8.68. The first-order valence-electron chi connectivity index (χ1n) is 6.86. The van der Waals surface area contributed by atoms with Crippen molar-refractivity contribution in [2.75, 3.05) is 26.0 Å². The Hall–Kier alpha value is -1.89. The van der Waals surface area contributed by atoms with Crippen LogP contribution in [0.3, 0.4) is 0 Å². The summed E-state index contributed by atoms with van der Waals surface area (Å²) in [7, 11) is -0.658. The van der Waals surface area contributed by atoms with E-state index in [0.29, 0.717) is 10.6 Å². The van der Waals surface area contributed by atoms with Gasteiger partial charge in [-0.05, 0) is 36.4 Å². The molecule has 0 saturated carbocycles. The number of rotatable bonds is 6. The average molecular weight is 353 g/mol. The standard InChI is InChI=1S/C16H17ClN2O3S/c1-19(2)23(21,22)15-5-3-4-12(10-15)16(20)11-18-14-8-6-13(17)7-9-14/h3-10,18H,11H2,1-2H3. The van der Waals surface area contributed by atoms with Gasteiger partial charge in [-0.25, -0.2) is 12.7 Å². The van der Waals surface area contributed by atoms with Crippen molar-refractivity contribution < 1.29 is 13.2 Å². The fourth-order valence-corrected chi connectivity index (χ4v) is 2.97. The van der Waals surface area contributed by atoms with Crippen LogP contribution in [0.5, 0.6) is 0 Å². The maximum absolute atomic E-state index is 12.2. The third kappa shape index (κ3) is 4.31. The van der Waals surface area contributed by atoms with Gasteiger partial charge in [0.1, 0.15) is 0 Å². The molecule has 122 valence electrons. The fraction of sp³-hybridized carbons (Fsp3) is 0.188. The summed E-state index contributed by atoms with van der Waals surface area (Å²) in [6.45, 7) is 0.0626. The Morgan fingerprint density at radius 3 is 2.39 bits per heavy atom. The second kappa shape index (κ2) is 7.12. The summed E-state index contributed by atoms with van der Waals surface area (Å²) < 4.78 is 25.3. The van der Waals surface area contributed by atoms with E-state index in [1.165, 1.54) is 26.2 Å². The summed E-state index contributed by atoms with van der Waals surface area (Å²) in [6.07, 6.45) is 0. The van der Waals surface area contributed by atoms with Crippen LogP contribution in [-0.4, -0.2) is 39.1 Å². The predicted octanol–water partition coefficient (Wildman–Crippen LogP) is 2.89. The van der Waals surface area contributed by atoms with E-state index in [0.717, 1.165) is 9.99 Å². The monoisotopic (exact) mass is 352 g/mol. The van der Waals surface area contributed by atoms with Crippen molar-refractivity contribution in [3.63, 3.8) is 0 Å². The van der Waals surface area contributed by atoms with Gasteiger partial charge in [0.2, 0.25) is 10.0 Å². The van der Waals surface area contributed by atoms with Crippen LogP contribution in [0, 0.1) is 0 Å². The quantitative estimate of drug-likeness (QED) is 0.812. The van der Waals surface area contributed by atoms with Gasteiger partial charge < -0.3 is 5.32 Å². The molecule has 0 amide bonds. The summed E-state index contributed by atoms with van der Waals surface area (Å²) >= 11 is 5.80. The Balaban J connectivity index is 2.12. The van der Waals surface area contributed by atoms with E-state index >= 15 is 0 Å². The van der Waals surface area contributed by atoms with Crippen molar-refractivity contribution in [1.29, 1.82) is 0 Å². The van der Waals surface area contributed by atoms with E-state index in [2.05, 4.69) is 5.32 Å². The topological polar surface area (TPSA) is 66.5 Å². The molecule has 23 heavy (non-hydrogen) atoms. The zero-order valence-electron chi connectivity index (χ0n) is 12.8. The molecule has 0 atom stereocenters. The summed E-state index contributed by atoms with van der Waals surface area (Å²) in [5.41, 5.74) is 1.11. The molecule has 0 bridgehead atoms. The largest absolute Gasteiger partial charge is 0.378 e. The van der Waals surface area contributed by atoms with Crippen LogP contribution in [-0.2, 0) is 10.0 Å². The highest BCUT2D eigenvalue weighted by Gasteiger charge is 2.18. The van der Waals surface area contributed by atoms with Gasteiger partial charge in [-0.1, -0.05) is 23.7 Å². The SMILES string of the molecule is CN(C)S(=O)(=O)c1cccc(C(=O)CNc2ccc(Cl)cc2)c1. The predicted molar refractivity (Wildman–Crippen MR) is 91.6 cm³/mol. The van der Waals surface area contributed by atoms with Gasteiger partial charge in [-0.2, -0.15) is 0 Å². The molecule has 5 nitrogen and oxygen atoms in total. The minimum absolute atomic E-state index is 0.0626. The number of anilines is 1. The summed E-state index contributed by atoms with van der Waals surface area (Å²) in [5, 5.41) is 3.60. The third-order valence-electron chi connectivity index (χ3n) is 3.23. The highest BCUT2D eigenvalue weighted by Crippen LogP contribution is 2.16. The van der Waals surface area contributed by atoms with E-state index in [1.807, 2.05) is 0 Å². The molecule has 0 aliphatic rings. The molecule has 0 heterocycles.